The van der Waals surface area contributed by atoms with Crippen LogP contribution in [0.1, 0.15) is 18.4 Å². The molecule has 0 radical (unpaired) electrons. The number of carbonyl (C=O) groups is 1. The molecule has 4 heteroatoms. The zero-order chi connectivity index (χ0) is 13.5. The summed E-state index contributed by atoms with van der Waals surface area (Å²) in [6, 6.07) is 10.6. The van der Waals surface area contributed by atoms with E-state index in [2.05, 4.69) is 17.4 Å². The molecule has 1 fully saturated rings. The Morgan fingerprint density at radius 2 is 2.11 bits per heavy atom. The van der Waals surface area contributed by atoms with Crippen molar-refractivity contribution in [3.63, 3.8) is 0 Å². The lowest BCUT2D eigenvalue weighted by molar-refractivity contribution is -0.131. The Bertz CT molecular complexity index is 390. The molecule has 19 heavy (non-hydrogen) atoms. The molecular formula is C15H22N2O2. The van der Waals surface area contributed by atoms with E-state index in [0.717, 1.165) is 19.4 Å². The van der Waals surface area contributed by atoms with Crippen LogP contribution in [0, 0.1) is 0 Å². The molecule has 0 bridgehead atoms. The van der Waals surface area contributed by atoms with Crippen molar-refractivity contribution in [1.29, 1.82) is 0 Å². The van der Waals surface area contributed by atoms with Gasteiger partial charge in [0.15, 0.2) is 0 Å². The summed E-state index contributed by atoms with van der Waals surface area (Å²) in [6.07, 6.45) is 2.27. The smallest absolute Gasteiger partial charge is 0.237 e. The number of nitrogens with zero attached hydrogens (tertiary/aromatic N) is 1. The summed E-state index contributed by atoms with van der Waals surface area (Å²) < 4.78 is 4.95. The van der Waals surface area contributed by atoms with Crippen LogP contribution in [0.4, 0.5) is 0 Å². The normalized spacial score (nSPS) is 14.4. The Kier molecular flexibility index (Phi) is 5.36. The molecule has 2 rings (SSSR count). The van der Waals surface area contributed by atoms with Crippen LogP contribution in [-0.2, 0) is 16.1 Å². The lowest BCUT2D eigenvalue weighted by Crippen LogP contribution is -2.39. The van der Waals surface area contributed by atoms with E-state index in [0.29, 0.717) is 25.7 Å². The lowest BCUT2D eigenvalue weighted by atomic mass is 10.2. The number of nitrogens with one attached hydrogen (secondary N) is 1. The molecule has 0 unspecified atom stereocenters. The molecule has 1 aliphatic carbocycles. The fraction of sp³-hybridized carbons (Fsp3) is 0.533. The van der Waals surface area contributed by atoms with Gasteiger partial charge in [0.1, 0.15) is 0 Å². The number of carbonyl (C=O) groups excluding carboxylic acids is 1. The molecule has 104 valence electrons. The van der Waals surface area contributed by atoms with Crippen LogP contribution in [0.5, 0.6) is 0 Å². The van der Waals surface area contributed by atoms with Crippen molar-refractivity contribution in [2.24, 2.45) is 0 Å². The zero-order valence-electron chi connectivity index (χ0n) is 11.5. The van der Waals surface area contributed by atoms with Gasteiger partial charge in [-0.05, 0) is 18.4 Å². The van der Waals surface area contributed by atoms with Crippen LogP contribution in [0.3, 0.4) is 0 Å². The van der Waals surface area contributed by atoms with E-state index in [-0.39, 0.29) is 5.91 Å². The number of methoxy groups -OCH3 is 1. The summed E-state index contributed by atoms with van der Waals surface area (Å²) in [6.45, 7) is 2.46. The van der Waals surface area contributed by atoms with Gasteiger partial charge in [0.25, 0.3) is 0 Å². The van der Waals surface area contributed by atoms with Gasteiger partial charge in [0, 0.05) is 26.2 Å². The van der Waals surface area contributed by atoms with Gasteiger partial charge >= 0.3 is 0 Å². The molecule has 1 aromatic rings. The van der Waals surface area contributed by atoms with Crippen LogP contribution in [0.15, 0.2) is 30.3 Å². The molecule has 1 aromatic carbocycles. The van der Waals surface area contributed by atoms with E-state index in [1.54, 1.807) is 7.11 Å². The van der Waals surface area contributed by atoms with E-state index in [9.17, 15) is 4.79 Å². The van der Waals surface area contributed by atoms with E-state index < -0.39 is 0 Å². The molecule has 0 spiro atoms. The monoisotopic (exact) mass is 262 g/mol. The summed E-state index contributed by atoms with van der Waals surface area (Å²) in [7, 11) is 1.66. The molecular weight excluding hydrogens is 240 g/mol. The minimum atomic E-state index is 0.183. The van der Waals surface area contributed by atoms with Crippen LogP contribution >= 0.6 is 0 Å². The first-order valence-electron chi connectivity index (χ1n) is 6.84. The number of ether oxygens (including phenoxy) is 1. The average molecular weight is 262 g/mol. The SMILES string of the molecule is COCCNCC(=O)N(Cc1ccccc1)C1CC1. The summed E-state index contributed by atoms with van der Waals surface area (Å²) in [5.74, 6) is 0.183. The molecule has 0 heterocycles. The minimum absolute atomic E-state index is 0.183. The predicted molar refractivity (Wildman–Crippen MR) is 74.8 cm³/mol. The molecule has 0 atom stereocenters. The lowest BCUT2D eigenvalue weighted by Gasteiger charge is -2.22. The first-order valence-corrected chi connectivity index (χ1v) is 6.84. The number of hydrogen-bond acceptors (Lipinski definition) is 3. The van der Waals surface area contributed by atoms with Crippen molar-refractivity contribution in [3.05, 3.63) is 35.9 Å². The summed E-state index contributed by atoms with van der Waals surface area (Å²) in [5, 5.41) is 3.12. The standard InChI is InChI=1S/C15H22N2O2/c1-19-10-9-16-11-15(18)17(14-7-8-14)12-13-5-3-2-4-6-13/h2-6,14,16H,7-12H2,1H3. The van der Waals surface area contributed by atoms with E-state index in [1.807, 2.05) is 23.1 Å². The maximum atomic E-state index is 12.2. The van der Waals surface area contributed by atoms with Gasteiger partial charge in [-0.2, -0.15) is 0 Å². The molecule has 0 saturated heterocycles. The van der Waals surface area contributed by atoms with Crippen molar-refractivity contribution >= 4 is 5.91 Å². The van der Waals surface area contributed by atoms with Crippen molar-refractivity contribution in [3.8, 4) is 0 Å². The fourth-order valence-corrected chi connectivity index (χ4v) is 2.06. The number of amides is 1. The Hall–Kier alpha value is -1.39. The molecule has 1 amide bonds. The fourth-order valence-electron chi connectivity index (χ4n) is 2.06. The minimum Gasteiger partial charge on any atom is -0.383 e. The number of rotatable bonds is 8. The third-order valence-corrected chi connectivity index (χ3v) is 3.26. The van der Waals surface area contributed by atoms with Crippen LogP contribution in [-0.4, -0.2) is 43.7 Å². The molecule has 0 aliphatic heterocycles. The third-order valence-electron chi connectivity index (χ3n) is 3.26. The molecule has 1 aliphatic rings. The highest BCUT2D eigenvalue weighted by Gasteiger charge is 2.32. The van der Waals surface area contributed by atoms with Gasteiger partial charge < -0.3 is 15.0 Å². The van der Waals surface area contributed by atoms with Gasteiger partial charge in [-0.15, -0.1) is 0 Å². The Morgan fingerprint density at radius 3 is 2.74 bits per heavy atom. The van der Waals surface area contributed by atoms with Crippen molar-refractivity contribution in [2.75, 3.05) is 26.8 Å². The van der Waals surface area contributed by atoms with E-state index >= 15 is 0 Å². The van der Waals surface area contributed by atoms with Crippen molar-refractivity contribution in [2.45, 2.75) is 25.4 Å². The number of hydrogen-bond donors (Lipinski definition) is 1. The second-order valence-electron chi connectivity index (χ2n) is 4.91. The molecule has 1 N–H and O–H groups in total. The van der Waals surface area contributed by atoms with Crippen molar-refractivity contribution in [1.82, 2.24) is 10.2 Å². The first kappa shape index (κ1) is 14.0. The Labute approximate surface area is 114 Å². The third kappa shape index (κ3) is 4.65. The topological polar surface area (TPSA) is 41.6 Å². The predicted octanol–water partition coefficient (Wildman–Crippen LogP) is 1.41. The maximum Gasteiger partial charge on any atom is 0.237 e. The van der Waals surface area contributed by atoms with Crippen LogP contribution in [0.25, 0.3) is 0 Å². The second kappa shape index (κ2) is 7.26. The quantitative estimate of drug-likeness (QED) is 0.720. The van der Waals surface area contributed by atoms with Gasteiger partial charge in [-0.25, -0.2) is 0 Å². The average Bonchev–Trinajstić information content (AvgIpc) is 3.26. The number of benzene rings is 1. The summed E-state index contributed by atoms with van der Waals surface area (Å²) >= 11 is 0. The zero-order valence-corrected chi connectivity index (χ0v) is 11.5. The summed E-state index contributed by atoms with van der Waals surface area (Å²) in [5.41, 5.74) is 1.19. The maximum absolute atomic E-state index is 12.2. The van der Waals surface area contributed by atoms with E-state index in [4.69, 9.17) is 4.74 Å². The largest absolute Gasteiger partial charge is 0.383 e. The Balaban J connectivity index is 1.83. The molecule has 1 saturated carbocycles. The van der Waals surface area contributed by atoms with Crippen LogP contribution in [0.2, 0.25) is 0 Å². The first-order chi connectivity index (χ1) is 9.31. The van der Waals surface area contributed by atoms with E-state index in [1.165, 1.54) is 5.56 Å². The molecule has 4 nitrogen and oxygen atoms in total. The highest BCUT2D eigenvalue weighted by Crippen LogP contribution is 2.28. The van der Waals surface area contributed by atoms with Gasteiger partial charge in [-0.1, -0.05) is 30.3 Å². The second-order valence-corrected chi connectivity index (χ2v) is 4.91. The van der Waals surface area contributed by atoms with Gasteiger partial charge in [0.05, 0.1) is 13.2 Å². The van der Waals surface area contributed by atoms with Gasteiger partial charge in [0.2, 0.25) is 5.91 Å². The highest BCUT2D eigenvalue weighted by molar-refractivity contribution is 5.79. The van der Waals surface area contributed by atoms with Crippen LogP contribution < -0.4 is 5.32 Å². The highest BCUT2D eigenvalue weighted by atomic mass is 16.5. The van der Waals surface area contributed by atoms with Crippen molar-refractivity contribution < 1.29 is 9.53 Å². The Morgan fingerprint density at radius 1 is 1.37 bits per heavy atom. The summed E-state index contributed by atoms with van der Waals surface area (Å²) in [4.78, 5) is 14.2. The van der Waals surface area contributed by atoms with Gasteiger partial charge in [-0.3, -0.25) is 4.79 Å². The molecule has 0 aromatic heterocycles.